The van der Waals surface area contributed by atoms with Gasteiger partial charge < -0.3 is 14.7 Å². The lowest BCUT2D eigenvalue weighted by atomic mass is 9.82. The number of fused-ring (bicyclic) bond motifs is 5. The molecule has 1 aromatic heterocycles. The highest BCUT2D eigenvalue weighted by atomic mass is 19.3. The second-order valence-electron chi connectivity index (χ2n) is 8.39. The zero-order valence-electron chi connectivity index (χ0n) is 16.6. The number of hydrogen-bond donors (Lipinski definition) is 1. The Morgan fingerprint density at radius 1 is 1.34 bits per heavy atom. The molecule has 7 heteroatoms. The number of nitrogens with zero attached hydrogens (tertiary/aromatic N) is 3. The van der Waals surface area contributed by atoms with Gasteiger partial charge in [-0.25, -0.2) is 0 Å². The van der Waals surface area contributed by atoms with Crippen LogP contribution in [0.2, 0.25) is 0 Å². The summed E-state index contributed by atoms with van der Waals surface area (Å²) in [5.41, 5.74) is 3.11. The van der Waals surface area contributed by atoms with Gasteiger partial charge in [-0.05, 0) is 23.1 Å². The van der Waals surface area contributed by atoms with Gasteiger partial charge in [0.1, 0.15) is 11.3 Å². The Morgan fingerprint density at radius 2 is 2.07 bits per heavy atom. The van der Waals surface area contributed by atoms with E-state index in [0.29, 0.717) is 23.2 Å². The molecule has 1 aromatic carbocycles. The first-order chi connectivity index (χ1) is 13.6. The summed E-state index contributed by atoms with van der Waals surface area (Å²) in [5, 5.41) is 15.3. The summed E-state index contributed by atoms with van der Waals surface area (Å²) in [4.78, 5) is 2.10. The van der Waals surface area contributed by atoms with Crippen LogP contribution in [-0.2, 0) is 6.54 Å². The summed E-state index contributed by atoms with van der Waals surface area (Å²) >= 11 is 0. The molecule has 0 saturated carbocycles. The number of alkyl halides is 2. The monoisotopic (exact) mass is 399 g/mol. The van der Waals surface area contributed by atoms with E-state index in [0.717, 1.165) is 16.8 Å². The molecule has 2 aromatic rings. The van der Waals surface area contributed by atoms with Gasteiger partial charge in [0.05, 0.1) is 24.0 Å². The first-order valence-electron chi connectivity index (χ1n) is 9.32. The molecule has 0 amide bonds. The van der Waals surface area contributed by atoms with Crippen molar-refractivity contribution < 1.29 is 18.6 Å². The van der Waals surface area contributed by atoms with Gasteiger partial charge in [0, 0.05) is 17.2 Å². The lowest BCUT2D eigenvalue weighted by Gasteiger charge is -2.46. The van der Waals surface area contributed by atoms with Crippen molar-refractivity contribution in [1.29, 1.82) is 0 Å². The number of aliphatic hydroxyl groups excluding tert-OH is 1. The second-order valence-corrected chi connectivity index (χ2v) is 8.39. The van der Waals surface area contributed by atoms with Gasteiger partial charge in [0.15, 0.2) is 5.75 Å². The molecule has 0 aliphatic carbocycles. The second kappa shape index (κ2) is 6.47. The Balaban J connectivity index is 1.95. The minimum absolute atomic E-state index is 0.0116. The topological polar surface area (TPSA) is 50.5 Å². The number of hydrogen-bond acceptors (Lipinski definition) is 4. The van der Waals surface area contributed by atoms with E-state index in [1.807, 2.05) is 23.0 Å². The molecule has 1 unspecified atom stereocenters. The summed E-state index contributed by atoms with van der Waals surface area (Å²) in [6.07, 6.45) is 3.74. The minimum atomic E-state index is -2.92. The Kier molecular flexibility index (Phi) is 4.29. The maximum Gasteiger partial charge on any atom is 0.387 e. The van der Waals surface area contributed by atoms with Crippen LogP contribution in [0.5, 0.6) is 5.75 Å². The van der Waals surface area contributed by atoms with Crippen molar-refractivity contribution >= 4 is 16.6 Å². The van der Waals surface area contributed by atoms with Crippen molar-refractivity contribution in [1.82, 2.24) is 14.7 Å². The summed E-state index contributed by atoms with van der Waals surface area (Å²) in [6.45, 7) is 11.7. The fraction of sp³-hybridized carbons (Fsp3) is 0.318. The van der Waals surface area contributed by atoms with Gasteiger partial charge in [0.2, 0.25) is 0 Å². The summed E-state index contributed by atoms with van der Waals surface area (Å²) in [5.74, 6) is 0.00276. The van der Waals surface area contributed by atoms with E-state index < -0.39 is 6.61 Å². The number of allylic oxidation sites excluding steroid dienone is 2. The molecule has 29 heavy (non-hydrogen) atoms. The van der Waals surface area contributed by atoms with Crippen LogP contribution in [0.1, 0.15) is 26.5 Å². The lowest BCUT2D eigenvalue weighted by molar-refractivity contribution is -0.0489. The molecule has 3 heterocycles. The molecule has 152 valence electrons. The van der Waals surface area contributed by atoms with Gasteiger partial charge in [-0.15, -0.1) is 0 Å². The molecule has 2 aliphatic heterocycles. The predicted octanol–water partition coefficient (Wildman–Crippen LogP) is 5.23. The number of benzene rings is 1. The normalized spacial score (nSPS) is 19.0. The van der Waals surface area contributed by atoms with Crippen LogP contribution in [0, 0.1) is 5.41 Å². The molecule has 0 spiro atoms. The quantitative estimate of drug-likeness (QED) is 0.718. The number of aromatic nitrogens is 2. The number of aliphatic hydroxyl groups is 1. The molecular weight excluding hydrogens is 376 g/mol. The summed E-state index contributed by atoms with van der Waals surface area (Å²) in [7, 11) is 0. The molecule has 5 nitrogen and oxygen atoms in total. The average molecular weight is 399 g/mol. The van der Waals surface area contributed by atoms with E-state index in [-0.39, 0.29) is 23.0 Å². The van der Waals surface area contributed by atoms with Crippen molar-refractivity contribution in [2.24, 2.45) is 5.41 Å². The third kappa shape index (κ3) is 3.10. The zero-order chi connectivity index (χ0) is 21.1. The van der Waals surface area contributed by atoms with Crippen LogP contribution in [0.25, 0.3) is 16.6 Å². The number of rotatable bonds is 3. The fourth-order valence-electron chi connectivity index (χ4n) is 3.98. The van der Waals surface area contributed by atoms with E-state index in [1.54, 1.807) is 6.07 Å². The molecule has 0 radical (unpaired) electrons. The van der Waals surface area contributed by atoms with Crippen LogP contribution in [0.4, 0.5) is 8.78 Å². The molecule has 0 fully saturated rings. The van der Waals surface area contributed by atoms with Crippen LogP contribution in [0.15, 0.2) is 60.5 Å². The maximum absolute atomic E-state index is 12.9. The summed E-state index contributed by atoms with van der Waals surface area (Å²) < 4.78 is 32.3. The van der Waals surface area contributed by atoms with Crippen molar-refractivity contribution in [3.05, 3.63) is 66.2 Å². The van der Waals surface area contributed by atoms with E-state index in [1.165, 1.54) is 6.07 Å². The molecule has 0 bridgehead atoms. The highest BCUT2D eigenvalue weighted by Crippen LogP contribution is 2.44. The van der Waals surface area contributed by atoms with Gasteiger partial charge in [-0.2, -0.15) is 13.9 Å². The van der Waals surface area contributed by atoms with Crippen molar-refractivity contribution in [3.8, 4) is 5.75 Å². The Bertz CT molecular complexity index is 1090. The van der Waals surface area contributed by atoms with Gasteiger partial charge in [-0.1, -0.05) is 46.1 Å². The van der Waals surface area contributed by atoms with Crippen molar-refractivity contribution in [2.75, 3.05) is 0 Å². The van der Waals surface area contributed by atoms with E-state index in [9.17, 15) is 13.9 Å². The fourth-order valence-corrected chi connectivity index (χ4v) is 3.98. The Hall–Kier alpha value is -3.09. The smallest absolute Gasteiger partial charge is 0.387 e. The van der Waals surface area contributed by atoms with Crippen LogP contribution in [-0.4, -0.2) is 32.4 Å². The maximum atomic E-state index is 12.9. The molecule has 0 saturated heterocycles. The van der Waals surface area contributed by atoms with E-state index >= 15 is 0 Å². The first-order valence-corrected chi connectivity index (χ1v) is 9.32. The number of halogens is 2. The Morgan fingerprint density at radius 3 is 2.69 bits per heavy atom. The minimum Gasteiger partial charge on any atom is -0.508 e. The molecule has 2 aliphatic rings. The lowest BCUT2D eigenvalue weighted by Crippen LogP contribution is -2.47. The highest BCUT2D eigenvalue weighted by molar-refractivity contribution is 5.95. The standard InChI is InChI=1S/C22H23F2N3O2/c1-12-9-16-20-14-7-6-8-17(29-21(23)24)19(14)25-27(20)11-18(22(3,4)5)26(16)10-15(12)13(2)28/h6-10,18,21,28H,1-2,11H2,3-5H3. The molecule has 1 N–H and O–H groups in total. The molecular formula is C22H23F2N3O2. The van der Waals surface area contributed by atoms with Crippen molar-refractivity contribution in [3.63, 3.8) is 0 Å². The third-order valence-corrected chi connectivity index (χ3v) is 5.39. The van der Waals surface area contributed by atoms with Gasteiger partial charge in [-0.3, -0.25) is 4.68 Å². The van der Waals surface area contributed by atoms with Gasteiger partial charge >= 0.3 is 6.61 Å². The molecule has 1 atom stereocenters. The third-order valence-electron chi connectivity index (χ3n) is 5.39. The first kappa shape index (κ1) is 19.2. The zero-order valence-corrected chi connectivity index (χ0v) is 16.6. The van der Waals surface area contributed by atoms with Crippen LogP contribution < -0.4 is 4.74 Å². The van der Waals surface area contributed by atoms with Gasteiger partial charge in [0.25, 0.3) is 0 Å². The SMILES string of the molecule is C=C(O)C1=CN2C(=CC1=C)c1c3cccc(OC(F)F)c3nn1CC2C(C)(C)C. The van der Waals surface area contributed by atoms with E-state index in [4.69, 9.17) is 0 Å². The number of ether oxygens (including phenoxy) is 1. The summed E-state index contributed by atoms with van der Waals surface area (Å²) in [6, 6.07) is 5.03. The van der Waals surface area contributed by atoms with Crippen molar-refractivity contribution in [2.45, 2.75) is 40.0 Å². The largest absolute Gasteiger partial charge is 0.508 e. The Labute approximate surface area is 167 Å². The average Bonchev–Trinajstić information content (AvgIpc) is 2.99. The predicted molar refractivity (Wildman–Crippen MR) is 108 cm³/mol. The van der Waals surface area contributed by atoms with Crippen LogP contribution in [0.3, 0.4) is 0 Å². The highest BCUT2D eigenvalue weighted by Gasteiger charge is 2.40. The van der Waals surface area contributed by atoms with Crippen LogP contribution >= 0.6 is 0 Å². The molecule has 4 rings (SSSR count). The van der Waals surface area contributed by atoms with E-state index in [2.05, 4.69) is 48.7 Å².